The number of hydrogen-bond acceptors (Lipinski definition) is 3. The van der Waals surface area contributed by atoms with E-state index in [2.05, 4.69) is 25.5 Å². The minimum Gasteiger partial charge on any atom is -0.405 e. The van der Waals surface area contributed by atoms with Crippen LogP contribution in [0.4, 0.5) is 13.2 Å². The largest absolute Gasteiger partial charge is 0.573 e. The van der Waals surface area contributed by atoms with Gasteiger partial charge in [0.25, 0.3) is 0 Å². The molecule has 27 heavy (non-hydrogen) atoms. The second kappa shape index (κ2) is 9.29. The Hall–Kier alpha value is -2.71. The van der Waals surface area contributed by atoms with Gasteiger partial charge in [-0.2, -0.15) is 5.10 Å². The van der Waals surface area contributed by atoms with Gasteiger partial charge in [0.2, 0.25) is 0 Å². The number of aromatic nitrogens is 2. The van der Waals surface area contributed by atoms with Crippen LogP contribution in [0.3, 0.4) is 0 Å². The van der Waals surface area contributed by atoms with E-state index in [1.165, 1.54) is 12.1 Å². The van der Waals surface area contributed by atoms with Gasteiger partial charge in [-0.15, -0.1) is 13.2 Å². The molecule has 148 valence electrons. The predicted octanol–water partition coefficient (Wildman–Crippen LogP) is 3.15. The van der Waals surface area contributed by atoms with Gasteiger partial charge in [-0.05, 0) is 32.4 Å². The Bertz CT molecular complexity index is 771. The first-order valence-electron chi connectivity index (χ1n) is 8.57. The molecule has 6 nitrogen and oxygen atoms in total. The molecule has 0 saturated carbocycles. The van der Waals surface area contributed by atoms with Crippen LogP contribution in [0.25, 0.3) is 0 Å². The molecule has 2 N–H and O–H groups in total. The zero-order valence-electron chi connectivity index (χ0n) is 15.6. The van der Waals surface area contributed by atoms with Crippen molar-refractivity contribution in [3.8, 4) is 5.75 Å². The van der Waals surface area contributed by atoms with E-state index >= 15 is 0 Å². The van der Waals surface area contributed by atoms with Crippen LogP contribution in [0.1, 0.15) is 23.4 Å². The number of ether oxygens (including phenoxy) is 1. The molecule has 1 heterocycles. The molecule has 0 aliphatic carbocycles. The maximum atomic E-state index is 12.5. The first-order chi connectivity index (χ1) is 12.8. The van der Waals surface area contributed by atoms with E-state index < -0.39 is 6.36 Å². The molecule has 0 fully saturated rings. The second-order valence-electron chi connectivity index (χ2n) is 6.01. The van der Waals surface area contributed by atoms with Gasteiger partial charge in [0.05, 0.1) is 5.69 Å². The third-order valence-corrected chi connectivity index (χ3v) is 3.81. The molecule has 0 atom stereocenters. The lowest BCUT2D eigenvalue weighted by atomic mass is 10.2. The number of aryl methyl sites for hydroxylation is 3. The third kappa shape index (κ3) is 6.84. The molecule has 9 heteroatoms. The van der Waals surface area contributed by atoms with Crippen LogP contribution in [0.15, 0.2) is 35.3 Å². The molecule has 0 saturated heterocycles. The minimum atomic E-state index is -4.72. The van der Waals surface area contributed by atoms with Crippen LogP contribution >= 0.6 is 0 Å². The molecule has 1 aromatic heterocycles. The highest BCUT2D eigenvalue weighted by Crippen LogP contribution is 2.25. The van der Waals surface area contributed by atoms with Crippen LogP contribution in [-0.2, 0) is 13.1 Å². The number of guanidine groups is 1. The lowest BCUT2D eigenvalue weighted by Gasteiger charge is -2.15. The van der Waals surface area contributed by atoms with Gasteiger partial charge in [-0.1, -0.05) is 18.2 Å². The zero-order valence-corrected chi connectivity index (χ0v) is 15.6. The van der Waals surface area contributed by atoms with Crippen LogP contribution in [0, 0.1) is 13.8 Å². The molecule has 1 aromatic carbocycles. The van der Waals surface area contributed by atoms with Crippen LogP contribution in [0.2, 0.25) is 0 Å². The summed E-state index contributed by atoms with van der Waals surface area (Å²) in [4.78, 5) is 4.08. The fourth-order valence-corrected chi connectivity index (χ4v) is 2.61. The van der Waals surface area contributed by atoms with E-state index in [0.29, 0.717) is 18.1 Å². The molecule has 2 aromatic rings. The smallest absolute Gasteiger partial charge is 0.405 e. The number of aliphatic imine (C=N–C) groups is 1. The van der Waals surface area contributed by atoms with E-state index in [1.54, 1.807) is 19.2 Å². The average Bonchev–Trinajstić information content (AvgIpc) is 2.91. The lowest BCUT2D eigenvalue weighted by Crippen LogP contribution is -2.37. The Balaban J connectivity index is 1.81. The van der Waals surface area contributed by atoms with Crippen LogP contribution in [0.5, 0.6) is 5.75 Å². The van der Waals surface area contributed by atoms with Crippen molar-refractivity contribution >= 4 is 5.96 Å². The molecule has 0 spiro atoms. The van der Waals surface area contributed by atoms with E-state index in [1.807, 2.05) is 24.6 Å². The Kier molecular flexibility index (Phi) is 7.09. The summed E-state index contributed by atoms with van der Waals surface area (Å²) in [5.74, 6) is 0.280. The Morgan fingerprint density at radius 1 is 1.22 bits per heavy atom. The number of halogens is 3. The van der Waals surface area contributed by atoms with Crippen molar-refractivity contribution in [3.05, 3.63) is 47.3 Å². The molecule has 0 radical (unpaired) electrons. The van der Waals surface area contributed by atoms with Crippen LogP contribution in [-0.4, -0.2) is 35.7 Å². The van der Waals surface area contributed by atoms with Gasteiger partial charge < -0.3 is 15.4 Å². The van der Waals surface area contributed by atoms with E-state index in [9.17, 15) is 13.2 Å². The van der Waals surface area contributed by atoms with Crippen molar-refractivity contribution in [2.24, 2.45) is 4.99 Å². The first-order valence-corrected chi connectivity index (χ1v) is 8.57. The second-order valence-corrected chi connectivity index (χ2v) is 6.01. The fourth-order valence-electron chi connectivity index (χ4n) is 2.61. The summed E-state index contributed by atoms with van der Waals surface area (Å²) in [5, 5.41) is 10.5. The Morgan fingerprint density at radius 3 is 2.59 bits per heavy atom. The number of nitrogens with one attached hydrogen (secondary N) is 2. The van der Waals surface area contributed by atoms with Crippen molar-refractivity contribution in [1.82, 2.24) is 20.4 Å². The van der Waals surface area contributed by atoms with Crippen LogP contribution < -0.4 is 15.4 Å². The van der Waals surface area contributed by atoms with E-state index in [-0.39, 0.29) is 12.3 Å². The quantitative estimate of drug-likeness (QED) is 0.438. The number of benzene rings is 1. The van der Waals surface area contributed by atoms with Crippen molar-refractivity contribution < 1.29 is 17.9 Å². The highest BCUT2D eigenvalue weighted by atomic mass is 19.4. The minimum absolute atomic E-state index is 0.156. The maximum Gasteiger partial charge on any atom is 0.573 e. The molecule has 0 bridgehead atoms. The van der Waals surface area contributed by atoms with Crippen molar-refractivity contribution in [3.63, 3.8) is 0 Å². The van der Waals surface area contributed by atoms with Gasteiger partial charge in [-0.3, -0.25) is 9.67 Å². The molecular formula is C18H24F3N5O. The lowest BCUT2D eigenvalue weighted by molar-refractivity contribution is -0.274. The predicted molar refractivity (Wildman–Crippen MR) is 97.6 cm³/mol. The van der Waals surface area contributed by atoms with Gasteiger partial charge in [-0.25, -0.2) is 0 Å². The topological polar surface area (TPSA) is 63.5 Å². The molecule has 2 rings (SSSR count). The Morgan fingerprint density at radius 2 is 1.96 bits per heavy atom. The summed E-state index contributed by atoms with van der Waals surface area (Å²) in [5.41, 5.74) is 2.48. The Labute approximate surface area is 156 Å². The molecule has 0 unspecified atom stereocenters. The van der Waals surface area contributed by atoms with Gasteiger partial charge >= 0.3 is 6.36 Å². The maximum absolute atomic E-state index is 12.5. The third-order valence-electron chi connectivity index (χ3n) is 3.81. The van der Waals surface area contributed by atoms with E-state index in [4.69, 9.17) is 0 Å². The summed E-state index contributed by atoms with van der Waals surface area (Å²) in [6.45, 7) is 5.54. The summed E-state index contributed by atoms with van der Waals surface area (Å²) >= 11 is 0. The molecule has 0 aliphatic heterocycles. The number of alkyl halides is 3. The number of rotatable bonds is 7. The average molecular weight is 383 g/mol. The highest BCUT2D eigenvalue weighted by Gasteiger charge is 2.31. The van der Waals surface area contributed by atoms with Gasteiger partial charge in [0.1, 0.15) is 5.75 Å². The number of para-hydroxylation sites is 1. The monoisotopic (exact) mass is 383 g/mol. The van der Waals surface area contributed by atoms with E-state index in [0.717, 1.165) is 24.4 Å². The van der Waals surface area contributed by atoms with Gasteiger partial charge in [0.15, 0.2) is 5.96 Å². The SMILES string of the molecule is CN=C(NCCCn1nc(C)cc1C)NCc1ccccc1OC(F)(F)F. The van der Waals surface area contributed by atoms with Gasteiger partial charge in [0, 0.05) is 37.9 Å². The zero-order chi connectivity index (χ0) is 19.9. The highest BCUT2D eigenvalue weighted by molar-refractivity contribution is 5.79. The first kappa shape index (κ1) is 20.6. The number of nitrogens with zero attached hydrogens (tertiary/aromatic N) is 3. The molecule has 0 amide bonds. The summed E-state index contributed by atoms with van der Waals surface area (Å²) in [6.07, 6.45) is -3.89. The summed E-state index contributed by atoms with van der Waals surface area (Å²) in [7, 11) is 1.61. The number of hydrogen-bond donors (Lipinski definition) is 2. The van der Waals surface area contributed by atoms with Crippen molar-refractivity contribution in [2.75, 3.05) is 13.6 Å². The standard InChI is InChI=1S/C18H24F3N5O/c1-13-11-14(2)26(25-13)10-6-9-23-17(22-3)24-12-15-7-4-5-8-16(15)27-18(19,20)21/h4-5,7-8,11H,6,9-10,12H2,1-3H3,(H2,22,23,24). The summed E-state index contributed by atoms with van der Waals surface area (Å²) in [6, 6.07) is 8.04. The fraction of sp³-hybridized carbons (Fsp3) is 0.444. The normalized spacial score (nSPS) is 12.1. The molecule has 0 aliphatic rings. The summed E-state index contributed by atoms with van der Waals surface area (Å²) < 4.78 is 43.4. The van der Waals surface area contributed by atoms with Crippen molar-refractivity contribution in [2.45, 2.75) is 39.7 Å². The molecular weight excluding hydrogens is 359 g/mol. The van der Waals surface area contributed by atoms with Crippen molar-refractivity contribution in [1.29, 1.82) is 0 Å².